The number of carbonyl (C=O) groups excluding carboxylic acids is 2. The van der Waals surface area contributed by atoms with E-state index in [1.165, 1.54) is 35.8 Å². The summed E-state index contributed by atoms with van der Waals surface area (Å²) in [5.74, 6) is -0.742. The molecule has 0 unspecified atom stereocenters. The topological polar surface area (TPSA) is 88.8 Å². The van der Waals surface area contributed by atoms with E-state index < -0.39 is 11.6 Å². The lowest BCUT2D eigenvalue weighted by Crippen LogP contribution is -2.43. The Kier molecular flexibility index (Phi) is 5.08. The zero-order chi connectivity index (χ0) is 18.0. The van der Waals surface area contributed by atoms with Gasteiger partial charge in [-0.25, -0.2) is 14.4 Å². The second-order valence-electron chi connectivity index (χ2n) is 6.10. The van der Waals surface area contributed by atoms with Crippen LogP contribution in [0.2, 0.25) is 0 Å². The van der Waals surface area contributed by atoms with E-state index in [9.17, 15) is 14.4 Å². The number of ether oxygens (including phenoxy) is 1. The first-order chi connectivity index (χ1) is 12.0. The van der Waals surface area contributed by atoms with Crippen LogP contribution in [0.1, 0.15) is 42.5 Å². The summed E-state index contributed by atoms with van der Waals surface area (Å²) in [5, 5.41) is 3.67. The number of rotatable bonds is 3. The Hall–Kier alpha value is -2.35. The van der Waals surface area contributed by atoms with Crippen molar-refractivity contribution >= 4 is 38.6 Å². The lowest BCUT2D eigenvalue weighted by molar-refractivity contribution is 0.0596. The molecule has 2 aromatic heterocycles. The van der Waals surface area contributed by atoms with Crippen molar-refractivity contribution in [1.82, 2.24) is 5.32 Å². The van der Waals surface area contributed by atoms with Gasteiger partial charge in [-0.2, -0.15) is 0 Å². The fourth-order valence-corrected chi connectivity index (χ4v) is 3.93. The van der Waals surface area contributed by atoms with E-state index in [0.717, 1.165) is 25.7 Å². The zero-order valence-electron chi connectivity index (χ0n) is 14.2. The SMILES string of the molecule is COC(=O)c1cc2sc(N(C)C(=O)NC3CCCCC3)cc2oc1=O. The van der Waals surface area contributed by atoms with Crippen LogP contribution < -0.4 is 15.8 Å². The Labute approximate surface area is 148 Å². The number of hydrogen-bond acceptors (Lipinski definition) is 6. The van der Waals surface area contributed by atoms with E-state index >= 15 is 0 Å². The third kappa shape index (κ3) is 3.68. The van der Waals surface area contributed by atoms with Gasteiger partial charge in [-0.3, -0.25) is 4.90 Å². The van der Waals surface area contributed by atoms with Gasteiger partial charge in [0.25, 0.3) is 0 Å². The monoisotopic (exact) mass is 364 g/mol. The molecule has 7 nitrogen and oxygen atoms in total. The van der Waals surface area contributed by atoms with Crippen LogP contribution in [0.5, 0.6) is 0 Å². The maximum atomic E-state index is 12.4. The molecule has 0 spiro atoms. The van der Waals surface area contributed by atoms with Gasteiger partial charge in [0.2, 0.25) is 0 Å². The Morgan fingerprint density at radius 1 is 1.28 bits per heavy atom. The molecule has 0 atom stereocenters. The van der Waals surface area contributed by atoms with Crippen LogP contribution in [0.3, 0.4) is 0 Å². The average Bonchev–Trinajstić information content (AvgIpc) is 3.03. The first kappa shape index (κ1) is 17.5. The van der Waals surface area contributed by atoms with Crippen molar-refractivity contribution in [1.29, 1.82) is 0 Å². The highest BCUT2D eigenvalue weighted by Crippen LogP contribution is 2.32. The third-order valence-electron chi connectivity index (χ3n) is 4.38. The van der Waals surface area contributed by atoms with Gasteiger partial charge in [0.15, 0.2) is 5.58 Å². The summed E-state index contributed by atoms with van der Waals surface area (Å²) in [6, 6.07) is 3.09. The first-order valence-corrected chi connectivity index (χ1v) is 9.01. The number of nitrogens with one attached hydrogen (secondary N) is 1. The number of amides is 2. The Morgan fingerprint density at radius 2 is 2.00 bits per heavy atom. The van der Waals surface area contributed by atoms with Gasteiger partial charge in [0.05, 0.1) is 11.8 Å². The highest BCUT2D eigenvalue weighted by Gasteiger charge is 2.21. The molecule has 0 bridgehead atoms. The maximum absolute atomic E-state index is 12.4. The summed E-state index contributed by atoms with van der Waals surface area (Å²) in [6.07, 6.45) is 5.50. The van der Waals surface area contributed by atoms with Crippen molar-refractivity contribution < 1.29 is 18.7 Å². The minimum absolute atomic E-state index is 0.155. The number of nitrogens with zero attached hydrogens (tertiary/aromatic N) is 1. The van der Waals surface area contributed by atoms with Gasteiger partial charge in [-0.15, -0.1) is 11.3 Å². The van der Waals surface area contributed by atoms with Gasteiger partial charge in [0, 0.05) is 19.2 Å². The van der Waals surface area contributed by atoms with Crippen molar-refractivity contribution in [3.63, 3.8) is 0 Å². The van der Waals surface area contributed by atoms with Gasteiger partial charge in [-0.1, -0.05) is 19.3 Å². The standard InChI is InChI=1S/C17H20N2O5S/c1-19(17(22)18-10-6-4-3-5-7-10)14-9-12-13(25-14)8-11(15(20)23-2)16(21)24-12/h8-10H,3-7H2,1-2H3,(H,18,22). The smallest absolute Gasteiger partial charge is 0.351 e. The average molecular weight is 364 g/mol. The largest absolute Gasteiger partial charge is 0.465 e. The normalized spacial score (nSPS) is 15.1. The molecule has 0 aliphatic heterocycles. The van der Waals surface area contributed by atoms with Crippen LogP contribution >= 0.6 is 11.3 Å². The number of hydrogen-bond donors (Lipinski definition) is 1. The second kappa shape index (κ2) is 7.26. The van der Waals surface area contributed by atoms with Gasteiger partial charge < -0.3 is 14.5 Å². The Morgan fingerprint density at radius 3 is 2.68 bits per heavy atom. The predicted octanol–water partition coefficient (Wildman–Crippen LogP) is 3.12. The number of carbonyl (C=O) groups is 2. The molecule has 1 fully saturated rings. The highest BCUT2D eigenvalue weighted by molar-refractivity contribution is 7.22. The van der Waals surface area contributed by atoms with Crippen molar-refractivity contribution in [3.8, 4) is 0 Å². The summed E-state index contributed by atoms with van der Waals surface area (Å²) in [6.45, 7) is 0. The summed E-state index contributed by atoms with van der Waals surface area (Å²) in [5.41, 5.74) is -0.564. The van der Waals surface area contributed by atoms with E-state index in [-0.39, 0.29) is 17.6 Å². The van der Waals surface area contributed by atoms with Crippen molar-refractivity contribution in [2.45, 2.75) is 38.1 Å². The Bertz CT molecular complexity index is 850. The molecule has 2 aromatic rings. The molecular formula is C17H20N2O5S. The number of fused-ring (bicyclic) bond motifs is 1. The molecule has 8 heteroatoms. The van der Waals surface area contributed by atoms with Crippen molar-refractivity contribution in [2.75, 3.05) is 19.1 Å². The lowest BCUT2D eigenvalue weighted by Gasteiger charge is -2.25. The van der Waals surface area contributed by atoms with Gasteiger partial charge in [0.1, 0.15) is 10.6 Å². The fourth-order valence-electron chi connectivity index (χ4n) is 2.94. The van der Waals surface area contributed by atoms with E-state index in [1.807, 2.05) is 0 Å². The minimum atomic E-state index is -0.752. The quantitative estimate of drug-likeness (QED) is 0.845. The van der Waals surface area contributed by atoms with Gasteiger partial charge >= 0.3 is 17.6 Å². The molecule has 1 N–H and O–H groups in total. The zero-order valence-corrected chi connectivity index (χ0v) is 15.0. The van der Waals surface area contributed by atoms with Crippen LogP contribution in [0.15, 0.2) is 21.3 Å². The third-order valence-corrected chi connectivity index (χ3v) is 5.52. The van der Waals surface area contributed by atoms with Crippen LogP contribution in [0.4, 0.5) is 9.80 Å². The first-order valence-electron chi connectivity index (χ1n) is 8.20. The fraction of sp³-hybridized carbons (Fsp3) is 0.471. The van der Waals surface area contributed by atoms with Crippen LogP contribution in [0, 0.1) is 0 Å². The molecule has 1 aliphatic carbocycles. The number of anilines is 1. The lowest BCUT2D eigenvalue weighted by atomic mass is 9.96. The second-order valence-corrected chi connectivity index (χ2v) is 7.16. The molecular weight excluding hydrogens is 344 g/mol. The minimum Gasteiger partial charge on any atom is -0.465 e. The van der Waals surface area contributed by atoms with Crippen LogP contribution in [-0.4, -0.2) is 32.2 Å². The van der Waals surface area contributed by atoms with Crippen molar-refractivity contribution in [2.24, 2.45) is 0 Å². The van der Waals surface area contributed by atoms with E-state index in [4.69, 9.17) is 4.42 Å². The van der Waals surface area contributed by atoms with E-state index in [1.54, 1.807) is 13.1 Å². The van der Waals surface area contributed by atoms with Crippen molar-refractivity contribution in [3.05, 3.63) is 28.1 Å². The predicted molar refractivity (Wildman–Crippen MR) is 95.5 cm³/mol. The summed E-state index contributed by atoms with van der Waals surface area (Å²) in [7, 11) is 2.87. The van der Waals surface area contributed by atoms with Crippen LogP contribution in [0.25, 0.3) is 10.3 Å². The number of thiophene rings is 1. The molecule has 25 heavy (non-hydrogen) atoms. The number of methoxy groups -OCH3 is 1. The molecule has 134 valence electrons. The van der Waals surface area contributed by atoms with Gasteiger partial charge in [-0.05, 0) is 18.9 Å². The summed E-state index contributed by atoms with van der Waals surface area (Å²) < 4.78 is 10.4. The number of esters is 1. The van der Waals surface area contributed by atoms with E-state index in [2.05, 4.69) is 10.1 Å². The molecule has 0 saturated heterocycles. The number of urea groups is 1. The highest BCUT2D eigenvalue weighted by atomic mass is 32.1. The molecule has 2 heterocycles. The summed E-state index contributed by atoms with van der Waals surface area (Å²) >= 11 is 1.27. The summed E-state index contributed by atoms with van der Waals surface area (Å²) in [4.78, 5) is 37.4. The Balaban J connectivity index is 1.81. The molecule has 2 amide bonds. The van der Waals surface area contributed by atoms with E-state index in [0.29, 0.717) is 15.3 Å². The molecule has 0 radical (unpaired) electrons. The molecule has 1 aliphatic rings. The maximum Gasteiger partial charge on any atom is 0.351 e. The molecule has 3 rings (SSSR count). The molecule has 0 aromatic carbocycles. The molecule has 1 saturated carbocycles. The van der Waals surface area contributed by atoms with Crippen LogP contribution in [-0.2, 0) is 4.74 Å².